The second kappa shape index (κ2) is 8.61. The van der Waals surface area contributed by atoms with Gasteiger partial charge in [0, 0.05) is 17.7 Å². The van der Waals surface area contributed by atoms with Gasteiger partial charge in [0.1, 0.15) is 5.75 Å². The highest BCUT2D eigenvalue weighted by Gasteiger charge is 2.09. The number of benzene rings is 3. The summed E-state index contributed by atoms with van der Waals surface area (Å²) in [5, 5.41) is 3.32. The molecule has 1 aromatic heterocycles. The Kier molecular flexibility index (Phi) is 5.57. The summed E-state index contributed by atoms with van der Waals surface area (Å²) in [6.07, 6.45) is 1.01. The minimum absolute atomic E-state index is 0.0751. The van der Waals surface area contributed by atoms with Crippen LogP contribution in [0.2, 0.25) is 0 Å². The van der Waals surface area contributed by atoms with Gasteiger partial charge in [-0.3, -0.25) is 4.79 Å². The van der Waals surface area contributed by atoms with E-state index < -0.39 is 5.63 Å². The zero-order chi connectivity index (χ0) is 20.9. The van der Waals surface area contributed by atoms with E-state index in [0.717, 1.165) is 11.3 Å². The number of para-hydroxylation sites is 1. The SMILES string of the molecule is COc1ccc(CCC(=O)Nc2ccc(-c3nc4ccccc4c(=O)o3)cc2)cc1. The second-order valence-electron chi connectivity index (χ2n) is 6.80. The van der Waals surface area contributed by atoms with Gasteiger partial charge < -0.3 is 14.5 Å². The summed E-state index contributed by atoms with van der Waals surface area (Å²) in [5.74, 6) is 0.963. The number of methoxy groups -OCH3 is 1. The number of nitrogens with one attached hydrogen (secondary N) is 1. The molecule has 30 heavy (non-hydrogen) atoms. The summed E-state index contributed by atoms with van der Waals surface area (Å²) in [6.45, 7) is 0. The average molecular weight is 400 g/mol. The molecule has 4 rings (SSSR count). The molecule has 1 amide bonds. The van der Waals surface area contributed by atoms with E-state index in [4.69, 9.17) is 9.15 Å². The van der Waals surface area contributed by atoms with E-state index in [1.54, 1.807) is 49.6 Å². The van der Waals surface area contributed by atoms with Crippen molar-refractivity contribution in [2.24, 2.45) is 0 Å². The number of ether oxygens (including phenoxy) is 1. The van der Waals surface area contributed by atoms with Crippen LogP contribution in [0.4, 0.5) is 5.69 Å². The van der Waals surface area contributed by atoms with E-state index in [-0.39, 0.29) is 11.8 Å². The topological polar surface area (TPSA) is 81.4 Å². The van der Waals surface area contributed by atoms with Crippen molar-refractivity contribution in [2.45, 2.75) is 12.8 Å². The summed E-state index contributed by atoms with van der Waals surface area (Å²) < 4.78 is 10.5. The van der Waals surface area contributed by atoms with Crippen LogP contribution in [0.15, 0.2) is 82.0 Å². The van der Waals surface area contributed by atoms with Crippen LogP contribution in [-0.2, 0) is 11.2 Å². The molecular weight excluding hydrogens is 380 g/mol. The quantitative estimate of drug-likeness (QED) is 0.518. The van der Waals surface area contributed by atoms with Gasteiger partial charge in [0.05, 0.1) is 18.0 Å². The first kappa shape index (κ1) is 19.4. The number of anilines is 1. The Morgan fingerprint density at radius 3 is 2.47 bits per heavy atom. The van der Waals surface area contributed by atoms with Crippen molar-refractivity contribution < 1.29 is 13.9 Å². The zero-order valence-electron chi connectivity index (χ0n) is 16.4. The van der Waals surface area contributed by atoms with Crippen LogP contribution in [0.3, 0.4) is 0 Å². The fraction of sp³-hybridized carbons (Fsp3) is 0.125. The lowest BCUT2D eigenvalue weighted by Crippen LogP contribution is -2.12. The maximum absolute atomic E-state index is 12.2. The van der Waals surface area contributed by atoms with Gasteiger partial charge in [0.25, 0.3) is 0 Å². The second-order valence-corrected chi connectivity index (χ2v) is 6.80. The highest BCUT2D eigenvalue weighted by Crippen LogP contribution is 2.21. The number of aromatic nitrogens is 1. The van der Waals surface area contributed by atoms with Gasteiger partial charge in [-0.1, -0.05) is 24.3 Å². The molecule has 0 saturated carbocycles. The molecule has 150 valence electrons. The van der Waals surface area contributed by atoms with Gasteiger partial charge in [-0.2, -0.15) is 0 Å². The van der Waals surface area contributed by atoms with Gasteiger partial charge >= 0.3 is 5.63 Å². The third-order valence-electron chi connectivity index (χ3n) is 4.75. The standard InChI is InChI=1S/C24H20N2O4/c1-29-19-13-6-16(7-14-19)8-15-22(27)25-18-11-9-17(10-12-18)23-26-21-5-3-2-4-20(21)24(28)30-23/h2-7,9-14H,8,15H2,1H3,(H,25,27). The van der Waals surface area contributed by atoms with E-state index in [1.807, 2.05) is 30.3 Å². The van der Waals surface area contributed by atoms with Crippen molar-refractivity contribution in [3.05, 3.63) is 88.8 Å². The third-order valence-corrected chi connectivity index (χ3v) is 4.75. The van der Waals surface area contributed by atoms with Crippen molar-refractivity contribution in [3.8, 4) is 17.2 Å². The van der Waals surface area contributed by atoms with Crippen LogP contribution in [0.25, 0.3) is 22.4 Å². The summed E-state index contributed by atoms with van der Waals surface area (Å²) in [7, 11) is 1.62. The van der Waals surface area contributed by atoms with Crippen LogP contribution in [0.1, 0.15) is 12.0 Å². The average Bonchev–Trinajstić information content (AvgIpc) is 2.78. The Labute approximate surface area is 173 Å². The fourth-order valence-corrected chi connectivity index (χ4v) is 3.11. The lowest BCUT2D eigenvalue weighted by molar-refractivity contribution is -0.116. The Morgan fingerprint density at radius 1 is 1.00 bits per heavy atom. The van der Waals surface area contributed by atoms with Crippen LogP contribution < -0.4 is 15.7 Å². The number of fused-ring (bicyclic) bond motifs is 1. The van der Waals surface area contributed by atoms with Crippen LogP contribution in [0, 0.1) is 0 Å². The number of aryl methyl sites for hydroxylation is 1. The number of hydrogen-bond donors (Lipinski definition) is 1. The Balaban J connectivity index is 1.41. The van der Waals surface area contributed by atoms with Gasteiger partial charge in [-0.25, -0.2) is 9.78 Å². The number of hydrogen-bond acceptors (Lipinski definition) is 5. The summed E-state index contributed by atoms with van der Waals surface area (Å²) in [5.41, 5.74) is 2.56. The van der Waals surface area contributed by atoms with Crippen LogP contribution >= 0.6 is 0 Å². The molecule has 0 saturated heterocycles. The molecule has 1 heterocycles. The van der Waals surface area contributed by atoms with Crippen molar-refractivity contribution in [2.75, 3.05) is 12.4 Å². The predicted molar refractivity (Wildman–Crippen MR) is 116 cm³/mol. The van der Waals surface area contributed by atoms with E-state index in [1.165, 1.54) is 0 Å². The molecule has 6 heteroatoms. The number of nitrogens with zero attached hydrogens (tertiary/aromatic N) is 1. The summed E-state index contributed by atoms with van der Waals surface area (Å²) in [4.78, 5) is 28.8. The van der Waals surface area contributed by atoms with Crippen LogP contribution in [-0.4, -0.2) is 18.0 Å². The summed E-state index contributed by atoms with van der Waals surface area (Å²) in [6, 6.07) is 21.8. The molecule has 0 atom stereocenters. The maximum atomic E-state index is 12.2. The largest absolute Gasteiger partial charge is 0.497 e. The lowest BCUT2D eigenvalue weighted by atomic mass is 10.1. The minimum atomic E-state index is -0.425. The lowest BCUT2D eigenvalue weighted by Gasteiger charge is -2.07. The first-order valence-corrected chi connectivity index (χ1v) is 9.55. The fourth-order valence-electron chi connectivity index (χ4n) is 3.11. The van der Waals surface area contributed by atoms with E-state index in [2.05, 4.69) is 10.3 Å². The molecule has 0 aliphatic rings. The molecule has 0 bridgehead atoms. The van der Waals surface area contributed by atoms with Crippen molar-refractivity contribution in [1.82, 2.24) is 4.98 Å². The number of carbonyl (C=O) groups excluding carboxylic acids is 1. The van der Waals surface area contributed by atoms with Gasteiger partial charge in [-0.05, 0) is 60.5 Å². The first-order chi connectivity index (χ1) is 14.6. The Morgan fingerprint density at radius 2 is 1.73 bits per heavy atom. The molecular formula is C24H20N2O4. The van der Waals surface area contributed by atoms with E-state index >= 15 is 0 Å². The zero-order valence-corrected chi connectivity index (χ0v) is 16.4. The van der Waals surface area contributed by atoms with E-state index in [0.29, 0.717) is 35.0 Å². The maximum Gasteiger partial charge on any atom is 0.347 e. The normalized spacial score (nSPS) is 10.7. The monoisotopic (exact) mass is 400 g/mol. The Hall–Kier alpha value is -3.93. The number of carbonyl (C=O) groups is 1. The molecule has 0 fully saturated rings. The molecule has 0 unspecified atom stereocenters. The number of amides is 1. The molecule has 0 spiro atoms. The number of rotatable bonds is 6. The van der Waals surface area contributed by atoms with Gasteiger partial charge in [0.2, 0.25) is 11.8 Å². The van der Waals surface area contributed by atoms with Crippen molar-refractivity contribution in [1.29, 1.82) is 0 Å². The van der Waals surface area contributed by atoms with Crippen LogP contribution in [0.5, 0.6) is 5.75 Å². The van der Waals surface area contributed by atoms with E-state index in [9.17, 15) is 9.59 Å². The van der Waals surface area contributed by atoms with Crippen molar-refractivity contribution in [3.63, 3.8) is 0 Å². The third kappa shape index (κ3) is 4.38. The minimum Gasteiger partial charge on any atom is -0.497 e. The first-order valence-electron chi connectivity index (χ1n) is 9.55. The van der Waals surface area contributed by atoms with Crippen molar-refractivity contribution >= 4 is 22.5 Å². The molecule has 0 aliphatic carbocycles. The smallest absolute Gasteiger partial charge is 0.347 e. The molecule has 0 radical (unpaired) electrons. The molecule has 4 aromatic rings. The highest BCUT2D eigenvalue weighted by molar-refractivity contribution is 5.91. The Bertz CT molecular complexity index is 1230. The van der Waals surface area contributed by atoms with Gasteiger partial charge in [-0.15, -0.1) is 0 Å². The molecule has 3 aromatic carbocycles. The summed E-state index contributed by atoms with van der Waals surface area (Å²) >= 11 is 0. The molecule has 0 aliphatic heterocycles. The van der Waals surface area contributed by atoms with Gasteiger partial charge in [0.15, 0.2) is 0 Å². The highest BCUT2D eigenvalue weighted by atomic mass is 16.5. The molecule has 6 nitrogen and oxygen atoms in total. The predicted octanol–water partition coefficient (Wildman–Crippen LogP) is 4.43. The molecule has 1 N–H and O–H groups in total.